The Hall–Kier alpha value is -2.63. The number of halogens is 1. The van der Waals surface area contributed by atoms with Gasteiger partial charge in [-0.15, -0.1) is 0 Å². The summed E-state index contributed by atoms with van der Waals surface area (Å²) in [6, 6.07) is 10.8. The van der Waals surface area contributed by atoms with Crippen LogP contribution < -0.4 is 10.6 Å². The van der Waals surface area contributed by atoms with Crippen LogP contribution in [0.1, 0.15) is 5.56 Å². The Morgan fingerprint density at radius 2 is 1.90 bits per heavy atom. The summed E-state index contributed by atoms with van der Waals surface area (Å²) in [7, 11) is 1.73. The SMILES string of the molecule is CN(Cc1ccc(F)cc1)c1cccc(N)c1[N+](=O)[O-]. The molecule has 104 valence electrons. The summed E-state index contributed by atoms with van der Waals surface area (Å²) in [4.78, 5) is 12.3. The van der Waals surface area contributed by atoms with Gasteiger partial charge in [-0.1, -0.05) is 18.2 Å². The van der Waals surface area contributed by atoms with Crippen molar-refractivity contribution >= 4 is 17.1 Å². The van der Waals surface area contributed by atoms with E-state index in [2.05, 4.69) is 0 Å². The number of para-hydroxylation sites is 1. The molecule has 0 aliphatic carbocycles. The van der Waals surface area contributed by atoms with Crippen LogP contribution in [-0.2, 0) is 6.54 Å². The Labute approximate surface area is 115 Å². The monoisotopic (exact) mass is 275 g/mol. The fourth-order valence-corrected chi connectivity index (χ4v) is 2.00. The van der Waals surface area contributed by atoms with Crippen LogP contribution in [0.15, 0.2) is 42.5 Å². The van der Waals surface area contributed by atoms with Gasteiger partial charge >= 0.3 is 5.69 Å². The highest BCUT2D eigenvalue weighted by Crippen LogP contribution is 2.33. The average molecular weight is 275 g/mol. The Balaban J connectivity index is 2.29. The molecular weight excluding hydrogens is 261 g/mol. The first-order valence-electron chi connectivity index (χ1n) is 5.97. The number of nitrogens with two attached hydrogens (primary N) is 1. The minimum atomic E-state index is -0.494. The summed E-state index contributed by atoms with van der Waals surface area (Å²) >= 11 is 0. The van der Waals surface area contributed by atoms with Crippen molar-refractivity contribution in [2.45, 2.75) is 6.54 Å². The number of rotatable bonds is 4. The van der Waals surface area contributed by atoms with E-state index in [9.17, 15) is 14.5 Å². The molecule has 0 saturated heterocycles. The number of nitrogens with zero attached hydrogens (tertiary/aromatic N) is 2. The van der Waals surface area contributed by atoms with Crippen molar-refractivity contribution in [3.8, 4) is 0 Å². The van der Waals surface area contributed by atoms with Gasteiger partial charge in [0.05, 0.1) is 4.92 Å². The lowest BCUT2D eigenvalue weighted by Crippen LogP contribution is -2.18. The van der Waals surface area contributed by atoms with E-state index in [1.54, 1.807) is 36.2 Å². The lowest BCUT2D eigenvalue weighted by molar-refractivity contribution is -0.383. The van der Waals surface area contributed by atoms with Gasteiger partial charge in [-0.25, -0.2) is 4.39 Å². The lowest BCUT2D eigenvalue weighted by atomic mass is 10.1. The molecule has 5 nitrogen and oxygen atoms in total. The third kappa shape index (κ3) is 2.85. The second-order valence-electron chi connectivity index (χ2n) is 4.45. The van der Waals surface area contributed by atoms with Crippen molar-refractivity contribution in [2.24, 2.45) is 0 Å². The highest BCUT2D eigenvalue weighted by atomic mass is 19.1. The third-order valence-electron chi connectivity index (χ3n) is 2.97. The molecule has 0 aliphatic rings. The molecule has 0 bridgehead atoms. The number of hydrogen-bond acceptors (Lipinski definition) is 4. The summed E-state index contributed by atoms with van der Waals surface area (Å²) in [5, 5.41) is 11.1. The van der Waals surface area contributed by atoms with E-state index in [0.29, 0.717) is 12.2 Å². The second-order valence-corrected chi connectivity index (χ2v) is 4.45. The van der Waals surface area contributed by atoms with Crippen molar-refractivity contribution in [2.75, 3.05) is 17.7 Å². The summed E-state index contributed by atoms with van der Waals surface area (Å²) in [6.07, 6.45) is 0. The topological polar surface area (TPSA) is 72.4 Å². The molecular formula is C14H14FN3O2. The predicted molar refractivity (Wildman–Crippen MR) is 76.0 cm³/mol. The van der Waals surface area contributed by atoms with Crippen LogP contribution >= 0.6 is 0 Å². The molecule has 0 saturated carbocycles. The Kier molecular flexibility index (Phi) is 3.84. The van der Waals surface area contributed by atoms with Gasteiger partial charge in [-0.05, 0) is 29.8 Å². The molecule has 2 aromatic rings. The molecule has 2 rings (SSSR count). The van der Waals surface area contributed by atoms with Gasteiger partial charge in [0.1, 0.15) is 17.2 Å². The normalized spacial score (nSPS) is 10.3. The first kappa shape index (κ1) is 13.8. The van der Waals surface area contributed by atoms with E-state index in [4.69, 9.17) is 5.73 Å². The molecule has 6 heteroatoms. The molecule has 0 aromatic heterocycles. The maximum absolute atomic E-state index is 12.9. The molecule has 0 radical (unpaired) electrons. The van der Waals surface area contributed by atoms with Gasteiger partial charge in [0, 0.05) is 13.6 Å². The van der Waals surface area contributed by atoms with E-state index in [0.717, 1.165) is 5.56 Å². The molecule has 20 heavy (non-hydrogen) atoms. The van der Waals surface area contributed by atoms with Crippen molar-refractivity contribution in [1.82, 2.24) is 0 Å². The number of nitrogen functional groups attached to an aromatic ring is 1. The number of nitro groups is 1. The minimum absolute atomic E-state index is 0.114. The summed E-state index contributed by atoms with van der Waals surface area (Å²) in [6.45, 7) is 0.421. The fourth-order valence-electron chi connectivity index (χ4n) is 2.00. The molecule has 0 unspecified atom stereocenters. The van der Waals surface area contributed by atoms with Gasteiger partial charge in [0.25, 0.3) is 0 Å². The van der Waals surface area contributed by atoms with Crippen LogP contribution in [0, 0.1) is 15.9 Å². The summed E-state index contributed by atoms with van der Waals surface area (Å²) in [5.74, 6) is -0.314. The average Bonchev–Trinajstić information content (AvgIpc) is 2.40. The van der Waals surface area contributed by atoms with E-state index < -0.39 is 4.92 Å². The van der Waals surface area contributed by atoms with Crippen molar-refractivity contribution in [3.63, 3.8) is 0 Å². The van der Waals surface area contributed by atoms with Gasteiger partial charge < -0.3 is 10.6 Å². The molecule has 2 aromatic carbocycles. The van der Waals surface area contributed by atoms with Crippen molar-refractivity contribution in [1.29, 1.82) is 0 Å². The Morgan fingerprint density at radius 1 is 1.25 bits per heavy atom. The van der Waals surface area contributed by atoms with E-state index in [-0.39, 0.29) is 17.2 Å². The van der Waals surface area contributed by atoms with Crippen LogP contribution in [0.4, 0.5) is 21.5 Å². The van der Waals surface area contributed by atoms with Crippen LogP contribution in [0.5, 0.6) is 0 Å². The quantitative estimate of drug-likeness (QED) is 0.529. The highest BCUT2D eigenvalue weighted by molar-refractivity contribution is 5.75. The predicted octanol–water partition coefficient (Wildman–Crippen LogP) is 2.95. The zero-order chi connectivity index (χ0) is 14.7. The number of nitro benzene ring substituents is 1. The third-order valence-corrected chi connectivity index (χ3v) is 2.97. The Bertz CT molecular complexity index is 629. The molecule has 0 atom stereocenters. The number of anilines is 2. The second kappa shape index (κ2) is 5.56. The number of benzene rings is 2. The fraction of sp³-hybridized carbons (Fsp3) is 0.143. The zero-order valence-electron chi connectivity index (χ0n) is 10.9. The van der Waals surface area contributed by atoms with Gasteiger partial charge in [-0.3, -0.25) is 10.1 Å². The molecule has 0 fully saturated rings. The zero-order valence-corrected chi connectivity index (χ0v) is 10.9. The first-order chi connectivity index (χ1) is 9.49. The smallest absolute Gasteiger partial charge is 0.315 e. The first-order valence-corrected chi connectivity index (χ1v) is 5.97. The van der Waals surface area contributed by atoms with Crippen LogP contribution in [0.25, 0.3) is 0 Å². The molecule has 0 spiro atoms. The van der Waals surface area contributed by atoms with E-state index >= 15 is 0 Å². The highest BCUT2D eigenvalue weighted by Gasteiger charge is 2.20. The number of hydrogen-bond donors (Lipinski definition) is 1. The van der Waals surface area contributed by atoms with Crippen molar-refractivity contribution < 1.29 is 9.31 Å². The molecule has 0 heterocycles. The Morgan fingerprint density at radius 3 is 2.50 bits per heavy atom. The van der Waals surface area contributed by atoms with Crippen molar-refractivity contribution in [3.05, 3.63) is 64.0 Å². The summed E-state index contributed by atoms with van der Waals surface area (Å²) in [5.41, 5.74) is 6.95. The lowest BCUT2D eigenvalue weighted by Gasteiger charge is -2.19. The largest absolute Gasteiger partial charge is 0.393 e. The van der Waals surface area contributed by atoms with Gasteiger partial charge in [-0.2, -0.15) is 0 Å². The van der Waals surface area contributed by atoms with E-state index in [1.807, 2.05) is 0 Å². The van der Waals surface area contributed by atoms with Crippen LogP contribution in [0.2, 0.25) is 0 Å². The maximum atomic E-state index is 12.9. The standard InChI is InChI=1S/C14H14FN3O2/c1-17(9-10-5-7-11(15)8-6-10)13-4-2-3-12(16)14(13)18(19)20/h2-8H,9,16H2,1H3. The molecule has 0 amide bonds. The molecule has 0 aliphatic heterocycles. The maximum Gasteiger partial charge on any atom is 0.315 e. The van der Waals surface area contributed by atoms with Gasteiger partial charge in [0.15, 0.2) is 0 Å². The van der Waals surface area contributed by atoms with E-state index in [1.165, 1.54) is 18.2 Å². The van der Waals surface area contributed by atoms with Gasteiger partial charge in [0.2, 0.25) is 0 Å². The summed E-state index contributed by atoms with van der Waals surface area (Å²) < 4.78 is 12.9. The van der Waals surface area contributed by atoms with Crippen LogP contribution in [0.3, 0.4) is 0 Å². The van der Waals surface area contributed by atoms with Crippen LogP contribution in [-0.4, -0.2) is 12.0 Å². The molecule has 2 N–H and O–H groups in total. The minimum Gasteiger partial charge on any atom is -0.393 e.